The average Bonchev–Trinajstić information content (AvgIpc) is 3.05. The molecule has 0 aliphatic rings. The van der Waals surface area contributed by atoms with E-state index in [1.165, 1.54) is 18.2 Å². The van der Waals surface area contributed by atoms with E-state index in [9.17, 15) is 18.3 Å². The Balaban J connectivity index is 1.86. The molecule has 1 heterocycles. The standard InChI is InChI=1S/C22H24ClN3O5S/c1-13-19(23)6-5-7-21(13)32(29,30)25-16-8-9-20(18(12-16)22(27)28)26(4)11-10-17-14(2)24-31-15(17)3/h5-9,12,25H,10-11H2,1-4H3,(H,27,28). The molecule has 8 nitrogen and oxygen atoms in total. The van der Waals surface area contributed by atoms with Crippen LogP contribution in [-0.4, -0.2) is 38.2 Å². The lowest BCUT2D eigenvalue weighted by Gasteiger charge is -2.22. The van der Waals surface area contributed by atoms with E-state index in [0.29, 0.717) is 29.2 Å². The van der Waals surface area contributed by atoms with E-state index in [-0.39, 0.29) is 16.1 Å². The van der Waals surface area contributed by atoms with Crippen LogP contribution in [0.3, 0.4) is 0 Å². The van der Waals surface area contributed by atoms with Gasteiger partial charge in [-0.25, -0.2) is 13.2 Å². The highest BCUT2D eigenvalue weighted by molar-refractivity contribution is 7.92. The summed E-state index contributed by atoms with van der Waals surface area (Å²) in [6, 6.07) is 9.01. The molecule has 0 bridgehead atoms. The van der Waals surface area contributed by atoms with E-state index < -0.39 is 16.0 Å². The third-order valence-corrected chi connectivity index (χ3v) is 7.21. The fourth-order valence-corrected chi connectivity index (χ4v) is 5.00. The number of carboxylic acids is 1. The fourth-order valence-electron chi connectivity index (χ4n) is 3.45. The van der Waals surface area contributed by atoms with Crippen molar-refractivity contribution in [2.45, 2.75) is 32.1 Å². The van der Waals surface area contributed by atoms with Gasteiger partial charge in [-0.05, 0) is 63.1 Å². The van der Waals surface area contributed by atoms with E-state index >= 15 is 0 Å². The summed E-state index contributed by atoms with van der Waals surface area (Å²) < 4.78 is 33.3. The highest BCUT2D eigenvalue weighted by Gasteiger charge is 2.21. The van der Waals surface area contributed by atoms with Crippen LogP contribution in [0.1, 0.15) is 32.9 Å². The van der Waals surface area contributed by atoms with E-state index in [1.807, 2.05) is 13.8 Å². The Morgan fingerprint density at radius 2 is 1.94 bits per heavy atom. The summed E-state index contributed by atoms with van der Waals surface area (Å²) in [5.74, 6) is -0.431. The number of carbonyl (C=O) groups is 1. The number of aryl methyl sites for hydroxylation is 2. The van der Waals surface area contributed by atoms with Crippen molar-refractivity contribution in [3.63, 3.8) is 0 Å². The molecule has 0 spiro atoms. The number of carboxylic acid groups (broad SMARTS) is 1. The molecule has 2 aromatic carbocycles. The van der Waals surface area contributed by atoms with Gasteiger partial charge in [0.15, 0.2) is 0 Å². The van der Waals surface area contributed by atoms with Crippen LogP contribution in [0.5, 0.6) is 0 Å². The molecule has 0 saturated heterocycles. The number of aromatic nitrogens is 1. The normalized spacial score (nSPS) is 11.4. The van der Waals surface area contributed by atoms with Crippen LogP contribution in [0, 0.1) is 20.8 Å². The van der Waals surface area contributed by atoms with Crippen molar-refractivity contribution >= 4 is 39.0 Å². The van der Waals surface area contributed by atoms with E-state index in [1.54, 1.807) is 37.1 Å². The summed E-state index contributed by atoms with van der Waals surface area (Å²) >= 11 is 6.05. The smallest absolute Gasteiger partial charge is 0.337 e. The van der Waals surface area contributed by atoms with Crippen molar-refractivity contribution in [3.8, 4) is 0 Å². The van der Waals surface area contributed by atoms with Crippen molar-refractivity contribution in [2.75, 3.05) is 23.2 Å². The Hall–Kier alpha value is -3.04. The molecule has 0 saturated carbocycles. The monoisotopic (exact) mass is 477 g/mol. The van der Waals surface area contributed by atoms with Gasteiger partial charge in [0.1, 0.15) is 5.76 Å². The first-order chi connectivity index (χ1) is 15.0. The van der Waals surface area contributed by atoms with Crippen molar-refractivity contribution < 1.29 is 22.8 Å². The summed E-state index contributed by atoms with van der Waals surface area (Å²) in [6.45, 7) is 5.82. The molecule has 32 heavy (non-hydrogen) atoms. The summed E-state index contributed by atoms with van der Waals surface area (Å²) in [4.78, 5) is 13.7. The molecule has 3 rings (SSSR count). The number of aromatic carboxylic acids is 1. The van der Waals surface area contributed by atoms with Gasteiger partial charge in [0.2, 0.25) is 0 Å². The molecule has 0 aliphatic carbocycles. The quantitative estimate of drug-likeness (QED) is 0.493. The lowest BCUT2D eigenvalue weighted by Crippen LogP contribution is -2.23. The zero-order valence-corrected chi connectivity index (χ0v) is 19.7. The van der Waals surface area contributed by atoms with Gasteiger partial charge < -0.3 is 14.5 Å². The minimum absolute atomic E-state index is 0.0192. The van der Waals surface area contributed by atoms with Gasteiger partial charge in [-0.1, -0.05) is 22.8 Å². The zero-order valence-electron chi connectivity index (χ0n) is 18.1. The number of halogens is 1. The summed E-state index contributed by atoms with van der Waals surface area (Å²) in [7, 11) is -2.17. The maximum atomic E-state index is 12.8. The Morgan fingerprint density at radius 1 is 1.22 bits per heavy atom. The zero-order chi connectivity index (χ0) is 23.6. The SMILES string of the molecule is Cc1noc(C)c1CCN(C)c1ccc(NS(=O)(=O)c2cccc(Cl)c2C)cc1C(=O)O. The molecule has 2 N–H and O–H groups in total. The van der Waals surface area contributed by atoms with E-state index in [2.05, 4.69) is 9.88 Å². The molecule has 0 aliphatic heterocycles. The predicted molar refractivity (Wildman–Crippen MR) is 123 cm³/mol. The van der Waals surface area contributed by atoms with Crippen LogP contribution in [0.25, 0.3) is 0 Å². The minimum Gasteiger partial charge on any atom is -0.478 e. The number of sulfonamides is 1. The number of nitrogens with zero attached hydrogens (tertiary/aromatic N) is 2. The number of hydrogen-bond donors (Lipinski definition) is 2. The van der Waals surface area contributed by atoms with Crippen molar-refractivity contribution in [1.82, 2.24) is 5.16 Å². The summed E-state index contributed by atoms with van der Waals surface area (Å²) in [6.07, 6.45) is 0.624. The van der Waals surface area contributed by atoms with Crippen LogP contribution in [0.15, 0.2) is 45.8 Å². The number of rotatable bonds is 8. The van der Waals surface area contributed by atoms with Gasteiger partial charge in [-0.15, -0.1) is 0 Å². The second-order valence-electron chi connectivity index (χ2n) is 7.48. The topological polar surface area (TPSA) is 113 Å². The summed E-state index contributed by atoms with van der Waals surface area (Å²) in [5.41, 5.74) is 2.78. The van der Waals surface area contributed by atoms with Gasteiger partial charge in [0.25, 0.3) is 10.0 Å². The molecule has 0 amide bonds. The maximum Gasteiger partial charge on any atom is 0.337 e. The van der Waals surface area contributed by atoms with Crippen molar-refractivity contribution in [2.24, 2.45) is 0 Å². The molecule has 1 aromatic heterocycles. The van der Waals surface area contributed by atoms with Crippen LogP contribution in [0.4, 0.5) is 11.4 Å². The number of hydrogen-bond acceptors (Lipinski definition) is 6. The molecule has 0 atom stereocenters. The van der Waals surface area contributed by atoms with Gasteiger partial charge in [-0.2, -0.15) is 0 Å². The Morgan fingerprint density at radius 3 is 2.56 bits per heavy atom. The van der Waals surface area contributed by atoms with E-state index in [4.69, 9.17) is 16.1 Å². The number of anilines is 2. The molecule has 0 fully saturated rings. The third-order valence-electron chi connectivity index (χ3n) is 5.28. The highest BCUT2D eigenvalue weighted by Crippen LogP contribution is 2.28. The average molecular weight is 478 g/mol. The van der Waals surface area contributed by atoms with Crippen LogP contribution < -0.4 is 9.62 Å². The Labute approximate surface area is 191 Å². The molecule has 0 radical (unpaired) electrons. The fraction of sp³-hybridized carbons (Fsp3) is 0.273. The second-order valence-corrected chi connectivity index (χ2v) is 9.54. The first kappa shape index (κ1) is 23.6. The van der Waals surface area contributed by atoms with Gasteiger partial charge >= 0.3 is 5.97 Å². The maximum absolute atomic E-state index is 12.8. The number of likely N-dealkylation sites (N-methyl/N-ethyl adjacent to an activating group) is 1. The molecular formula is C22H24ClN3O5S. The lowest BCUT2D eigenvalue weighted by molar-refractivity contribution is 0.0697. The van der Waals surface area contributed by atoms with Crippen molar-refractivity contribution in [3.05, 3.63) is 69.6 Å². The van der Waals surface area contributed by atoms with Crippen molar-refractivity contribution in [1.29, 1.82) is 0 Å². The second kappa shape index (κ2) is 9.22. The minimum atomic E-state index is -3.95. The number of nitrogens with one attached hydrogen (secondary N) is 1. The van der Waals surface area contributed by atoms with Crippen LogP contribution in [-0.2, 0) is 16.4 Å². The van der Waals surface area contributed by atoms with Crippen LogP contribution in [0.2, 0.25) is 5.02 Å². The lowest BCUT2D eigenvalue weighted by atomic mass is 10.1. The molecule has 170 valence electrons. The van der Waals surface area contributed by atoms with Gasteiger partial charge in [-0.3, -0.25) is 4.72 Å². The number of benzene rings is 2. The van der Waals surface area contributed by atoms with Crippen LogP contribution >= 0.6 is 11.6 Å². The van der Waals surface area contributed by atoms with E-state index in [0.717, 1.165) is 17.0 Å². The summed E-state index contributed by atoms with van der Waals surface area (Å²) in [5, 5.41) is 14.0. The molecular weight excluding hydrogens is 454 g/mol. The third kappa shape index (κ3) is 4.89. The largest absolute Gasteiger partial charge is 0.478 e. The first-order valence-corrected chi connectivity index (χ1v) is 11.7. The first-order valence-electron chi connectivity index (χ1n) is 9.79. The predicted octanol–water partition coefficient (Wildman–Crippen LogP) is 4.43. The molecule has 0 unspecified atom stereocenters. The van der Waals surface area contributed by atoms with Gasteiger partial charge in [0.05, 0.1) is 21.8 Å². The Kier molecular flexibility index (Phi) is 6.80. The highest BCUT2D eigenvalue weighted by atomic mass is 35.5. The van der Waals surface area contributed by atoms with Gasteiger partial charge in [0, 0.05) is 29.9 Å². The molecule has 3 aromatic rings. The Bertz CT molecular complexity index is 1250. The molecule has 10 heteroatoms.